The fourth-order valence-electron chi connectivity index (χ4n) is 1.29. The lowest BCUT2D eigenvalue weighted by Gasteiger charge is -2.10. The lowest BCUT2D eigenvalue weighted by atomic mass is 10.2. The molecule has 0 aliphatic rings. The second-order valence-corrected chi connectivity index (χ2v) is 3.45. The van der Waals surface area contributed by atoms with Gasteiger partial charge in [0.2, 0.25) is 5.91 Å². The van der Waals surface area contributed by atoms with Crippen molar-refractivity contribution in [3.05, 3.63) is 23.8 Å². The summed E-state index contributed by atoms with van der Waals surface area (Å²) in [4.78, 5) is 11.4. The van der Waals surface area contributed by atoms with Gasteiger partial charge < -0.3 is 15.8 Å². The molecule has 1 rings (SSSR count). The zero-order valence-electron chi connectivity index (χ0n) is 9.33. The SMILES string of the molecule is COc1ccc(C)cc1NC(=O)CC(=N)N. The molecule has 0 spiro atoms. The molecule has 0 aromatic heterocycles. The number of carbonyl (C=O) groups is 1. The van der Waals surface area contributed by atoms with Gasteiger partial charge in [0.05, 0.1) is 19.2 Å². The van der Waals surface area contributed by atoms with Crippen LogP contribution in [0.5, 0.6) is 5.75 Å². The van der Waals surface area contributed by atoms with Crippen LogP contribution in [0, 0.1) is 12.3 Å². The highest BCUT2D eigenvalue weighted by molar-refractivity contribution is 6.04. The van der Waals surface area contributed by atoms with Gasteiger partial charge in [0.1, 0.15) is 11.6 Å². The molecule has 1 aromatic carbocycles. The Balaban J connectivity index is 2.83. The Morgan fingerprint density at radius 2 is 2.25 bits per heavy atom. The standard InChI is InChI=1S/C11H15N3O2/c1-7-3-4-9(16-2)8(5-7)14-11(15)6-10(12)13/h3-5H,6H2,1-2H3,(H3,12,13)(H,14,15). The Kier molecular flexibility index (Phi) is 3.88. The number of rotatable bonds is 4. The molecule has 0 aliphatic carbocycles. The highest BCUT2D eigenvalue weighted by Crippen LogP contribution is 2.25. The van der Waals surface area contributed by atoms with Crippen LogP contribution in [0.25, 0.3) is 0 Å². The highest BCUT2D eigenvalue weighted by Gasteiger charge is 2.08. The molecule has 4 N–H and O–H groups in total. The molecule has 16 heavy (non-hydrogen) atoms. The molecule has 5 heteroatoms. The van der Waals surface area contributed by atoms with Crippen molar-refractivity contribution in [1.29, 1.82) is 5.41 Å². The average molecular weight is 221 g/mol. The maximum Gasteiger partial charge on any atom is 0.232 e. The van der Waals surface area contributed by atoms with Crippen molar-refractivity contribution < 1.29 is 9.53 Å². The lowest BCUT2D eigenvalue weighted by molar-refractivity contribution is -0.115. The summed E-state index contributed by atoms with van der Waals surface area (Å²) < 4.78 is 5.11. The molecule has 0 radical (unpaired) electrons. The Morgan fingerprint density at radius 3 is 2.81 bits per heavy atom. The molecule has 0 bridgehead atoms. The summed E-state index contributed by atoms with van der Waals surface area (Å²) in [7, 11) is 1.53. The molecular formula is C11H15N3O2. The van der Waals surface area contributed by atoms with E-state index in [4.69, 9.17) is 15.9 Å². The first-order valence-corrected chi connectivity index (χ1v) is 4.80. The Bertz CT molecular complexity index is 416. The zero-order chi connectivity index (χ0) is 12.1. The van der Waals surface area contributed by atoms with E-state index in [9.17, 15) is 4.79 Å². The van der Waals surface area contributed by atoms with Crippen LogP contribution in [0.3, 0.4) is 0 Å². The van der Waals surface area contributed by atoms with Crippen LogP contribution in [0.2, 0.25) is 0 Å². The third-order valence-electron chi connectivity index (χ3n) is 1.98. The number of ether oxygens (including phenoxy) is 1. The number of amidine groups is 1. The first kappa shape index (κ1) is 12.0. The van der Waals surface area contributed by atoms with Crippen molar-refractivity contribution in [1.82, 2.24) is 0 Å². The Morgan fingerprint density at radius 1 is 1.56 bits per heavy atom. The topological polar surface area (TPSA) is 88.2 Å². The van der Waals surface area contributed by atoms with E-state index in [2.05, 4.69) is 5.32 Å². The number of aryl methyl sites for hydroxylation is 1. The summed E-state index contributed by atoms with van der Waals surface area (Å²) in [5, 5.41) is 9.67. The second-order valence-electron chi connectivity index (χ2n) is 3.45. The van der Waals surface area contributed by atoms with Gasteiger partial charge in [-0.1, -0.05) is 6.07 Å². The highest BCUT2D eigenvalue weighted by atomic mass is 16.5. The number of benzene rings is 1. The van der Waals surface area contributed by atoms with Crippen molar-refractivity contribution in [2.45, 2.75) is 13.3 Å². The van der Waals surface area contributed by atoms with E-state index in [-0.39, 0.29) is 18.2 Å². The normalized spacial score (nSPS) is 9.62. The van der Waals surface area contributed by atoms with E-state index in [0.717, 1.165) is 5.56 Å². The molecule has 1 amide bonds. The van der Waals surface area contributed by atoms with Crippen molar-refractivity contribution in [3.8, 4) is 5.75 Å². The molecule has 1 aromatic rings. The summed E-state index contributed by atoms with van der Waals surface area (Å²) in [5.74, 6) is 0.100. The van der Waals surface area contributed by atoms with Crippen LogP contribution >= 0.6 is 0 Å². The molecular weight excluding hydrogens is 206 g/mol. The monoisotopic (exact) mass is 221 g/mol. The maximum atomic E-state index is 11.4. The fourth-order valence-corrected chi connectivity index (χ4v) is 1.29. The van der Waals surface area contributed by atoms with Gasteiger partial charge in [-0.3, -0.25) is 10.2 Å². The fraction of sp³-hybridized carbons (Fsp3) is 0.273. The third-order valence-corrected chi connectivity index (χ3v) is 1.98. The average Bonchev–Trinajstić information content (AvgIpc) is 2.16. The molecule has 0 saturated heterocycles. The zero-order valence-corrected chi connectivity index (χ0v) is 9.33. The number of carbonyl (C=O) groups excluding carboxylic acids is 1. The van der Waals surface area contributed by atoms with Gasteiger partial charge in [-0.2, -0.15) is 0 Å². The molecule has 0 atom stereocenters. The number of nitrogens with two attached hydrogens (primary N) is 1. The quantitative estimate of drug-likeness (QED) is 0.528. The largest absolute Gasteiger partial charge is 0.495 e. The van der Waals surface area contributed by atoms with Crippen molar-refractivity contribution >= 4 is 17.4 Å². The molecule has 0 aliphatic heterocycles. The molecule has 86 valence electrons. The van der Waals surface area contributed by atoms with Crippen LogP contribution in [-0.4, -0.2) is 18.9 Å². The molecule has 5 nitrogen and oxygen atoms in total. The van der Waals surface area contributed by atoms with E-state index in [1.165, 1.54) is 7.11 Å². The van der Waals surface area contributed by atoms with Crippen LogP contribution in [0.4, 0.5) is 5.69 Å². The van der Waals surface area contributed by atoms with E-state index < -0.39 is 0 Å². The lowest BCUT2D eigenvalue weighted by Crippen LogP contribution is -2.21. The first-order chi connectivity index (χ1) is 7.52. The van der Waals surface area contributed by atoms with Gasteiger partial charge in [0, 0.05) is 0 Å². The summed E-state index contributed by atoms with van der Waals surface area (Å²) in [6.07, 6.45) is -0.114. The van der Waals surface area contributed by atoms with E-state index >= 15 is 0 Å². The minimum absolute atomic E-state index is 0.114. The van der Waals surface area contributed by atoms with Crippen LogP contribution in [0.1, 0.15) is 12.0 Å². The van der Waals surface area contributed by atoms with Crippen LogP contribution in [0.15, 0.2) is 18.2 Å². The Hall–Kier alpha value is -2.04. The number of anilines is 1. The Labute approximate surface area is 94.1 Å². The predicted molar refractivity (Wildman–Crippen MR) is 62.9 cm³/mol. The van der Waals surface area contributed by atoms with Crippen molar-refractivity contribution in [3.63, 3.8) is 0 Å². The smallest absolute Gasteiger partial charge is 0.232 e. The molecule has 0 heterocycles. The molecule has 0 fully saturated rings. The van der Waals surface area contributed by atoms with Crippen molar-refractivity contribution in [2.75, 3.05) is 12.4 Å². The predicted octanol–water partition coefficient (Wildman–Crippen LogP) is 1.27. The van der Waals surface area contributed by atoms with Gasteiger partial charge in [-0.05, 0) is 24.6 Å². The summed E-state index contributed by atoms with van der Waals surface area (Å²) >= 11 is 0. The molecule has 0 unspecified atom stereocenters. The number of hydrogen-bond acceptors (Lipinski definition) is 3. The van der Waals surface area contributed by atoms with Crippen LogP contribution in [-0.2, 0) is 4.79 Å². The number of amides is 1. The van der Waals surface area contributed by atoms with E-state index in [0.29, 0.717) is 11.4 Å². The first-order valence-electron chi connectivity index (χ1n) is 4.80. The maximum absolute atomic E-state index is 11.4. The number of methoxy groups -OCH3 is 1. The van der Waals surface area contributed by atoms with Gasteiger partial charge in [0.15, 0.2) is 0 Å². The van der Waals surface area contributed by atoms with E-state index in [1.807, 2.05) is 13.0 Å². The minimum Gasteiger partial charge on any atom is -0.495 e. The number of hydrogen-bond donors (Lipinski definition) is 3. The summed E-state index contributed by atoms with van der Waals surface area (Å²) in [5.41, 5.74) is 6.74. The second kappa shape index (κ2) is 5.16. The minimum atomic E-state index is -0.323. The third kappa shape index (κ3) is 3.27. The summed E-state index contributed by atoms with van der Waals surface area (Å²) in [6, 6.07) is 5.47. The van der Waals surface area contributed by atoms with Crippen LogP contribution < -0.4 is 15.8 Å². The van der Waals surface area contributed by atoms with E-state index in [1.54, 1.807) is 12.1 Å². The van der Waals surface area contributed by atoms with Gasteiger partial charge in [-0.25, -0.2) is 0 Å². The molecule has 0 saturated carbocycles. The number of nitrogens with one attached hydrogen (secondary N) is 2. The van der Waals surface area contributed by atoms with Crippen molar-refractivity contribution in [2.24, 2.45) is 5.73 Å². The van der Waals surface area contributed by atoms with Gasteiger partial charge in [-0.15, -0.1) is 0 Å². The van der Waals surface area contributed by atoms with Gasteiger partial charge >= 0.3 is 0 Å². The summed E-state index contributed by atoms with van der Waals surface area (Å²) in [6.45, 7) is 1.92. The van der Waals surface area contributed by atoms with Gasteiger partial charge in [0.25, 0.3) is 0 Å².